The van der Waals surface area contributed by atoms with Crippen LogP contribution in [0.4, 0.5) is 4.39 Å². The van der Waals surface area contributed by atoms with Crippen molar-refractivity contribution >= 4 is 23.6 Å². The number of fused-ring (bicyclic) bond motifs is 1. The van der Waals surface area contributed by atoms with Crippen molar-refractivity contribution in [2.75, 3.05) is 5.75 Å². The fourth-order valence-electron chi connectivity index (χ4n) is 6.58. The molecule has 0 aliphatic heterocycles. The second-order valence-electron chi connectivity index (χ2n) is 13.0. The Morgan fingerprint density at radius 1 is 1.05 bits per heavy atom. The van der Waals surface area contributed by atoms with Gasteiger partial charge >= 0.3 is 0 Å². The molecule has 0 spiro atoms. The maximum atomic E-state index is 13.5. The molecule has 232 valence electrons. The summed E-state index contributed by atoms with van der Waals surface area (Å²) in [6, 6.07) is 10.3. The summed E-state index contributed by atoms with van der Waals surface area (Å²) in [5, 5.41) is 28.0. The number of hydrogen-bond donors (Lipinski definition) is 4. The number of aliphatic hydroxyl groups excluding tert-OH is 1. The Balaban J connectivity index is 0.00000484. The number of thioether (sulfide) groups is 1. The van der Waals surface area contributed by atoms with Crippen molar-refractivity contribution in [3.63, 3.8) is 0 Å². The summed E-state index contributed by atoms with van der Waals surface area (Å²) < 4.78 is 13.5. The number of phenolic OH excluding ortho intramolecular Hbond substituents is 1. The number of carbonyl (C=O) groups excluding carboxylic acids is 2. The summed E-state index contributed by atoms with van der Waals surface area (Å²) in [6.07, 6.45) is 6.02. The van der Waals surface area contributed by atoms with Crippen LogP contribution in [0.15, 0.2) is 47.4 Å². The highest BCUT2D eigenvalue weighted by Gasteiger charge is 2.43. The predicted octanol–water partition coefficient (Wildman–Crippen LogP) is 6.86. The zero-order valence-corrected chi connectivity index (χ0v) is 25.5. The molecule has 6 atom stereocenters. The van der Waals surface area contributed by atoms with Crippen molar-refractivity contribution < 1.29 is 24.2 Å². The van der Waals surface area contributed by atoms with E-state index in [2.05, 4.69) is 10.6 Å². The van der Waals surface area contributed by atoms with Crippen molar-refractivity contribution in [3.05, 3.63) is 59.4 Å². The Bertz CT molecular complexity index is 1200. The smallest absolute Gasteiger partial charge is 0.252 e. The van der Waals surface area contributed by atoms with Crippen molar-refractivity contribution in [2.24, 2.45) is 23.7 Å². The van der Waals surface area contributed by atoms with Gasteiger partial charge in [-0.15, -0.1) is 11.8 Å². The van der Waals surface area contributed by atoms with Gasteiger partial charge < -0.3 is 20.8 Å². The van der Waals surface area contributed by atoms with E-state index in [-0.39, 0.29) is 48.2 Å². The molecule has 2 aliphatic carbocycles. The second kappa shape index (κ2) is 14.7. The highest BCUT2D eigenvalue weighted by atomic mass is 32.2. The van der Waals surface area contributed by atoms with Gasteiger partial charge in [-0.05, 0) is 101 Å². The molecule has 0 saturated heterocycles. The largest absolute Gasteiger partial charge is 0.508 e. The maximum absolute atomic E-state index is 13.5. The Kier molecular flexibility index (Phi) is 11.9. The number of hydrogen-bond acceptors (Lipinski definition) is 5. The van der Waals surface area contributed by atoms with Gasteiger partial charge in [0.05, 0.1) is 12.1 Å². The molecular weight excluding hydrogens is 551 g/mol. The SMILES string of the molecule is C.Cc1c(O)cccc1C(=O)NC(CSc1ccc(F)cc1)C(O)CC1CC2CCCCC2C[C@H]1C(=O)NC(C)(C)C. The Hall–Kier alpha value is -2.58. The number of aromatic hydroxyl groups is 1. The first-order chi connectivity index (χ1) is 19.4. The molecule has 2 aliphatic rings. The van der Waals surface area contributed by atoms with Crippen molar-refractivity contribution in [2.45, 2.75) is 103 Å². The van der Waals surface area contributed by atoms with Gasteiger partial charge in [-0.3, -0.25) is 9.59 Å². The normalized spacial score (nSPS) is 23.6. The van der Waals surface area contributed by atoms with E-state index < -0.39 is 12.1 Å². The van der Waals surface area contributed by atoms with Crippen LogP contribution in [0.2, 0.25) is 0 Å². The minimum atomic E-state index is -0.889. The van der Waals surface area contributed by atoms with Crippen LogP contribution in [0.3, 0.4) is 0 Å². The lowest BCUT2D eigenvalue weighted by atomic mass is 9.62. The van der Waals surface area contributed by atoms with E-state index in [1.165, 1.54) is 49.2 Å². The molecule has 0 aromatic heterocycles. The van der Waals surface area contributed by atoms with Crippen LogP contribution in [0.1, 0.15) is 89.1 Å². The average molecular weight is 601 g/mol. The highest BCUT2D eigenvalue weighted by molar-refractivity contribution is 7.99. The lowest BCUT2D eigenvalue weighted by Crippen LogP contribution is -2.51. The van der Waals surface area contributed by atoms with E-state index >= 15 is 0 Å². The third kappa shape index (κ3) is 8.96. The second-order valence-corrected chi connectivity index (χ2v) is 14.1. The van der Waals surface area contributed by atoms with Crippen molar-refractivity contribution in [1.82, 2.24) is 10.6 Å². The Morgan fingerprint density at radius 3 is 2.33 bits per heavy atom. The van der Waals surface area contributed by atoms with E-state index in [0.29, 0.717) is 35.1 Å². The molecule has 4 rings (SSSR count). The van der Waals surface area contributed by atoms with Gasteiger partial charge in [-0.2, -0.15) is 0 Å². The van der Waals surface area contributed by atoms with E-state index in [9.17, 15) is 24.2 Å². The lowest BCUT2D eigenvalue weighted by Gasteiger charge is -2.45. The summed E-state index contributed by atoms with van der Waals surface area (Å²) >= 11 is 1.44. The molecule has 0 heterocycles. The monoisotopic (exact) mass is 600 g/mol. The van der Waals surface area contributed by atoms with Gasteiger partial charge in [-0.25, -0.2) is 4.39 Å². The zero-order chi connectivity index (χ0) is 29.7. The molecule has 0 radical (unpaired) electrons. The number of rotatable bonds is 9. The van der Waals surface area contributed by atoms with E-state index in [1.54, 1.807) is 31.2 Å². The first-order valence-electron chi connectivity index (χ1n) is 14.9. The van der Waals surface area contributed by atoms with Crippen LogP contribution in [0.5, 0.6) is 5.75 Å². The highest BCUT2D eigenvalue weighted by Crippen LogP contribution is 2.47. The van der Waals surface area contributed by atoms with E-state index in [0.717, 1.165) is 24.2 Å². The van der Waals surface area contributed by atoms with Gasteiger partial charge in [0.15, 0.2) is 0 Å². The first kappa shape index (κ1) is 33.9. The predicted molar refractivity (Wildman–Crippen MR) is 168 cm³/mol. The van der Waals surface area contributed by atoms with E-state index in [1.807, 2.05) is 20.8 Å². The van der Waals surface area contributed by atoms with E-state index in [4.69, 9.17) is 0 Å². The molecule has 42 heavy (non-hydrogen) atoms. The summed E-state index contributed by atoms with van der Waals surface area (Å²) in [5.41, 5.74) is 0.475. The molecule has 6 nitrogen and oxygen atoms in total. The molecule has 0 bridgehead atoms. The standard InChI is InChI=1S/C33H45FN2O4S.CH4/c1-20-26(10-7-11-29(20)37)31(39)35-28(19-41-25-14-12-24(34)13-15-25)30(38)18-23-16-21-8-5-6-9-22(21)17-27(23)32(40)36-33(2,3)4;/h7,10-15,21-23,27-28,30,37-38H,5-6,8-9,16-19H2,1-4H3,(H,35,39)(H,36,40);1H4/t21?,22?,23?,27-,28?,30?;/m1./s1. The molecule has 2 saturated carbocycles. The summed E-state index contributed by atoms with van der Waals surface area (Å²) in [5.74, 6) is 0.692. The number of carbonyl (C=O) groups is 2. The van der Waals surface area contributed by atoms with Gasteiger partial charge in [0, 0.05) is 33.2 Å². The molecule has 2 fully saturated rings. The van der Waals surface area contributed by atoms with Crippen molar-refractivity contribution in [1.29, 1.82) is 0 Å². The quantitative estimate of drug-likeness (QED) is 0.236. The van der Waals surface area contributed by atoms with Crippen LogP contribution < -0.4 is 10.6 Å². The average Bonchev–Trinajstić information content (AvgIpc) is 2.91. The van der Waals surface area contributed by atoms with Gasteiger partial charge in [-0.1, -0.05) is 39.2 Å². The van der Waals surface area contributed by atoms with Crippen LogP contribution in [-0.4, -0.2) is 45.5 Å². The number of benzene rings is 2. The van der Waals surface area contributed by atoms with Crippen LogP contribution >= 0.6 is 11.8 Å². The van der Waals surface area contributed by atoms with Gasteiger partial charge in [0.25, 0.3) is 5.91 Å². The zero-order valence-electron chi connectivity index (χ0n) is 24.7. The maximum Gasteiger partial charge on any atom is 0.252 e. The van der Waals surface area contributed by atoms with Crippen molar-refractivity contribution in [3.8, 4) is 5.75 Å². The van der Waals surface area contributed by atoms with Crippen LogP contribution in [0.25, 0.3) is 0 Å². The lowest BCUT2D eigenvalue weighted by molar-refractivity contribution is -0.132. The first-order valence-corrected chi connectivity index (χ1v) is 15.9. The summed E-state index contributed by atoms with van der Waals surface area (Å²) in [6.45, 7) is 7.65. The summed E-state index contributed by atoms with van der Waals surface area (Å²) in [7, 11) is 0. The Labute approximate surface area is 255 Å². The number of phenols is 1. The third-order valence-corrected chi connectivity index (χ3v) is 9.88. The number of amides is 2. The molecule has 4 N–H and O–H groups in total. The Morgan fingerprint density at radius 2 is 1.69 bits per heavy atom. The van der Waals surface area contributed by atoms with Crippen LogP contribution in [0, 0.1) is 36.4 Å². The minimum Gasteiger partial charge on any atom is -0.508 e. The fraction of sp³-hybridized carbons (Fsp3) is 0.588. The molecular formula is C34H49FN2O4S. The van der Waals surface area contributed by atoms with Gasteiger partial charge in [0.2, 0.25) is 5.91 Å². The molecule has 2 aromatic carbocycles. The molecule has 2 amide bonds. The fourth-order valence-corrected chi connectivity index (χ4v) is 7.58. The minimum absolute atomic E-state index is 0. The number of nitrogens with one attached hydrogen (secondary N) is 2. The third-order valence-electron chi connectivity index (χ3n) is 8.75. The van der Waals surface area contributed by atoms with Crippen LogP contribution in [-0.2, 0) is 4.79 Å². The number of halogens is 1. The number of aliphatic hydroxyl groups is 1. The van der Waals surface area contributed by atoms with Gasteiger partial charge in [0.1, 0.15) is 11.6 Å². The molecule has 2 aromatic rings. The molecule has 8 heteroatoms. The summed E-state index contributed by atoms with van der Waals surface area (Å²) in [4.78, 5) is 27.7. The molecule has 5 unspecified atom stereocenters. The topological polar surface area (TPSA) is 98.7 Å².